The molecule has 0 spiro atoms. The van der Waals surface area contributed by atoms with Crippen molar-refractivity contribution in [2.45, 2.75) is 4.90 Å². The molecule has 0 unspecified atom stereocenters. The normalized spacial score (nSPS) is 11.3. The zero-order chi connectivity index (χ0) is 18.5. The van der Waals surface area contributed by atoms with E-state index in [1.165, 1.54) is 11.8 Å². The van der Waals surface area contributed by atoms with Crippen LogP contribution in [0.5, 0.6) is 0 Å². The Bertz CT molecular complexity index is 1070. The average molecular weight is 370 g/mol. The first-order valence-electron chi connectivity index (χ1n) is 8.71. The smallest absolute Gasteiger partial charge is 0.250 e. The van der Waals surface area contributed by atoms with E-state index in [9.17, 15) is 4.79 Å². The van der Waals surface area contributed by atoms with Gasteiger partial charge in [-0.25, -0.2) is 5.43 Å². The maximum atomic E-state index is 12.1. The summed E-state index contributed by atoms with van der Waals surface area (Å²) in [4.78, 5) is 13.2. The summed E-state index contributed by atoms with van der Waals surface area (Å²) in [6, 6.07) is 28.5. The number of thioether (sulfide) groups is 1. The first-order valence-corrected chi connectivity index (χ1v) is 9.70. The van der Waals surface area contributed by atoms with Crippen molar-refractivity contribution < 1.29 is 4.79 Å². The molecular formula is C23H18N2OS. The fourth-order valence-electron chi connectivity index (χ4n) is 3.05. The number of fused-ring (bicyclic) bond motifs is 2. The van der Waals surface area contributed by atoms with Crippen LogP contribution in [0.1, 0.15) is 5.56 Å². The number of carbonyl (C=O) groups is 1. The van der Waals surface area contributed by atoms with E-state index >= 15 is 0 Å². The number of nitrogens with zero attached hydrogens (tertiary/aromatic N) is 1. The topological polar surface area (TPSA) is 41.5 Å². The van der Waals surface area contributed by atoms with Gasteiger partial charge in [-0.2, -0.15) is 5.10 Å². The maximum absolute atomic E-state index is 12.1. The maximum Gasteiger partial charge on any atom is 0.250 e. The van der Waals surface area contributed by atoms with Crippen LogP contribution in [0.2, 0.25) is 0 Å². The SMILES string of the molecule is O=C(CSc1ccccc1)N/N=C\c1c2ccccc2cc2ccccc12. The summed E-state index contributed by atoms with van der Waals surface area (Å²) < 4.78 is 0. The van der Waals surface area contributed by atoms with Crippen molar-refractivity contribution in [2.24, 2.45) is 5.10 Å². The Morgan fingerprint density at radius 1 is 0.852 bits per heavy atom. The Morgan fingerprint density at radius 2 is 1.44 bits per heavy atom. The molecule has 0 atom stereocenters. The monoisotopic (exact) mass is 370 g/mol. The molecule has 1 N–H and O–H groups in total. The van der Waals surface area contributed by atoms with E-state index in [0.717, 1.165) is 32.0 Å². The lowest BCUT2D eigenvalue weighted by Gasteiger charge is -2.08. The van der Waals surface area contributed by atoms with Gasteiger partial charge in [0.15, 0.2) is 0 Å². The van der Waals surface area contributed by atoms with Gasteiger partial charge in [-0.1, -0.05) is 66.7 Å². The van der Waals surface area contributed by atoms with E-state index < -0.39 is 0 Å². The molecule has 0 fully saturated rings. The minimum Gasteiger partial charge on any atom is -0.272 e. The molecule has 0 aliphatic heterocycles. The quantitative estimate of drug-likeness (QED) is 0.226. The molecule has 1 amide bonds. The predicted molar refractivity (Wildman–Crippen MR) is 114 cm³/mol. The molecule has 4 aromatic rings. The summed E-state index contributed by atoms with van der Waals surface area (Å²) in [5, 5.41) is 8.77. The fraction of sp³-hybridized carbons (Fsp3) is 0.0435. The molecule has 0 bridgehead atoms. The minimum absolute atomic E-state index is 0.121. The van der Waals surface area contributed by atoms with Crippen molar-refractivity contribution >= 4 is 45.4 Å². The van der Waals surface area contributed by atoms with Gasteiger partial charge in [0.1, 0.15) is 0 Å². The van der Waals surface area contributed by atoms with E-state index in [-0.39, 0.29) is 5.91 Å². The molecule has 27 heavy (non-hydrogen) atoms. The molecule has 4 rings (SSSR count). The highest BCUT2D eigenvalue weighted by atomic mass is 32.2. The van der Waals surface area contributed by atoms with E-state index in [4.69, 9.17) is 0 Å². The first-order chi connectivity index (χ1) is 13.3. The average Bonchev–Trinajstić information content (AvgIpc) is 2.72. The Hall–Kier alpha value is -3.11. The number of hydrogen-bond donors (Lipinski definition) is 1. The predicted octanol–water partition coefficient (Wildman–Crippen LogP) is 5.24. The van der Waals surface area contributed by atoms with Crippen LogP contribution in [-0.4, -0.2) is 17.9 Å². The Morgan fingerprint density at radius 3 is 2.11 bits per heavy atom. The second-order valence-electron chi connectivity index (χ2n) is 6.13. The summed E-state index contributed by atoms with van der Waals surface area (Å²) in [5.41, 5.74) is 3.65. The zero-order valence-corrected chi connectivity index (χ0v) is 15.4. The Kier molecular flexibility index (Phi) is 5.17. The van der Waals surface area contributed by atoms with E-state index in [1.807, 2.05) is 54.6 Å². The summed E-state index contributed by atoms with van der Waals surface area (Å²) in [7, 11) is 0. The fourth-order valence-corrected chi connectivity index (χ4v) is 3.77. The highest BCUT2D eigenvalue weighted by molar-refractivity contribution is 8.00. The lowest BCUT2D eigenvalue weighted by molar-refractivity contribution is -0.118. The van der Waals surface area contributed by atoms with Crippen LogP contribution in [0.15, 0.2) is 94.9 Å². The van der Waals surface area contributed by atoms with Crippen molar-refractivity contribution in [3.63, 3.8) is 0 Å². The van der Waals surface area contributed by atoms with E-state index in [0.29, 0.717) is 5.75 Å². The van der Waals surface area contributed by atoms with Gasteiger partial charge in [-0.15, -0.1) is 11.8 Å². The van der Waals surface area contributed by atoms with Crippen LogP contribution in [0.3, 0.4) is 0 Å². The molecule has 0 radical (unpaired) electrons. The van der Waals surface area contributed by atoms with Crippen LogP contribution < -0.4 is 5.43 Å². The van der Waals surface area contributed by atoms with Crippen molar-refractivity contribution in [1.82, 2.24) is 5.43 Å². The number of hydrazone groups is 1. The van der Waals surface area contributed by atoms with Gasteiger partial charge in [-0.3, -0.25) is 4.79 Å². The second-order valence-corrected chi connectivity index (χ2v) is 7.18. The number of rotatable bonds is 5. The standard InChI is InChI=1S/C23H18N2OS/c26-23(16-27-19-10-2-1-3-11-19)25-24-15-22-20-12-6-4-8-17(20)14-18-9-5-7-13-21(18)22/h1-15H,16H2,(H,25,26)/b24-15-. The molecule has 4 heteroatoms. The van der Waals surface area contributed by atoms with Gasteiger partial charge in [0.05, 0.1) is 12.0 Å². The summed E-state index contributed by atoms with van der Waals surface area (Å²) >= 11 is 1.49. The minimum atomic E-state index is -0.121. The summed E-state index contributed by atoms with van der Waals surface area (Å²) in [5.74, 6) is 0.210. The molecule has 3 nitrogen and oxygen atoms in total. The van der Waals surface area contributed by atoms with E-state index in [2.05, 4.69) is 40.9 Å². The molecule has 4 aromatic carbocycles. The van der Waals surface area contributed by atoms with Crippen LogP contribution in [0, 0.1) is 0 Å². The molecule has 0 heterocycles. The zero-order valence-electron chi connectivity index (χ0n) is 14.6. The van der Waals surface area contributed by atoms with Crippen molar-refractivity contribution in [3.8, 4) is 0 Å². The highest BCUT2D eigenvalue weighted by Gasteiger charge is 2.06. The lowest BCUT2D eigenvalue weighted by Crippen LogP contribution is -2.19. The van der Waals surface area contributed by atoms with E-state index in [1.54, 1.807) is 6.21 Å². The third-order valence-corrected chi connectivity index (χ3v) is 5.32. The molecule has 0 aromatic heterocycles. The van der Waals surface area contributed by atoms with Crippen molar-refractivity contribution in [3.05, 3.63) is 90.5 Å². The lowest BCUT2D eigenvalue weighted by atomic mass is 9.97. The summed E-state index contributed by atoms with van der Waals surface area (Å²) in [6.45, 7) is 0. The van der Waals surface area contributed by atoms with Crippen molar-refractivity contribution in [2.75, 3.05) is 5.75 Å². The largest absolute Gasteiger partial charge is 0.272 e. The number of hydrogen-bond acceptors (Lipinski definition) is 3. The molecule has 132 valence electrons. The third-order valence-electron chi connectivity index (χ3n) is 4.31. The number of amides is 1. The van der Waals surface area contributed by atoms with Crippen LogP contribution in [-0.2, 0) is 4.79 Å². The highest BCUT2D eigenvalue weighted by Crippen LogP contribution is 2.27. The molecule has 0 saturated carbocycles. The third kappa shape index (κ3) is 4.01. The van der Waals surface area contributed by atoms with Crippen LogP contribution in [0.4, 0.5) is 0 Å². The molecule has 0 saturated heterocycles. The second kappa shape index (κ2) is 8.06. The molecule has 0 aliphatic rings. The van der Waals surface area contributed by atoms with Gasteiger partial charge in [0.2, 0.25) is 5.91 Å². The van der Waals surface area contributed by atoms with Gasteiger partial charge in [0.25, 0.3) is 0 Å². The van der Waals surface area contributed by atoms with Crippen LogP contribution in [0.25, 0.3) is 21.5 Å². The van der Waals surface area contributed by atoms with Gasteiger partial charge in [-0.05, 0) is 39.7 Å². The van der Waals surface area contributed by atoms with Gasteiger partial charge in [0, 0.05) is 10.5 Å². The van der Waals surface area contributed by atoms with Crippen molar-refractivity contribution in [1.29, 1.82) is 0 Å². The molecule has 0 aliphatic carbocycles. The first kappa shape index (κ1) is 17.3. The number of benzene rings is 4. The Balaban J connectivity index is 1.54. The van der Waals surface area contributed by atoms with Gasteiger partial charge >= 0.3 is 0 Å². The molecular weight excluding hydrogens is 352 g/mol. The van der Waals surface area contributed by atoms with Gasteiger partial charge < -0.3 is 0 Å². The Labute approximate surface area is 162 Å². The number of carbonyl (C=O) groups excluding carboxylic acids is 1. The number of nitrogens with one attached hydrogen (secondary N) is 1. The van der Waals surface area contributed by atoms with Crippen LogP contribution >= 0.6 is 11.8 Å². The summed E-state index contributed by atoms with van der Waals surface area (Å²) in [6.07, 6.45) is 1.75.